The minimum absolute atomic E-state index is 0.911. The van der Waals surface area contributed by atoms with Crippen LogP contribution in [0.2, 0.25) is 0 Å². The zero-order chi connectivity index (χ0) is 16.9. The lowest BCUT2D eigenvalue weighted by Gasteiger charge is -2.15. The van der Waals surface area contributed by atoms with Gasteiger partial charge in [-0.15, -0.1) is 11.3 Å². The minimum atomic E-state index is 0.911. The summed E-state index contributed by atoms with van der Waals surface area (Å²) in [6.45, 7) is 0. The third-order valence-corrected chi connectivity index (χ3v) is 5.52. The molecule has 4 rings (SSSR count). The summed E-state index contributed by atoms with van der Waals surface area (Å²) in [5.41, 5.74) is 4.82. The molecule has 0 aliphatic carbocycles. The molecule has 0 N–H and O–H groups in total. The van der Waals surface area contributed by atoms with Crippen LogP contribution in [0.25, 0.3) is 22.3 Å². The Hall–Kier alpha value is -2.49. The van der Waals surface area contributed by atoms with Crippen LogP contribution in [0.4, 0.5) is 0 Å². The van der Waals surface area contributed by atoms with E-state index in [0.717, 1.165) is 9.96 Å². The second-order valence-electron chi connectivity index (χ2n) is 5.51. The molecule has 0 bridgehead atoms. The maximum Gasteiger partial charge on any atom is 0.191 e. The van der Waals surface area contributed by atoms with Gasteiger partial charge in [-0.25, -0.2) is 0 Å². The molecule has 0 aliphatic rings. The van der Waals surface area contributed by atoms with Crippen molar-refractivity contribution in [2.45, 2.75) is 4.90 Å². The Morgan fingerprint density at radius 1 is 0.640 bits per heavy atom. The van der Waals surface area contributed by atoms with Crippen molar-refractivity contribution in [1.82, 2.24) is 0 Å². The molecule has 0 spiro atoms. The van der Waals surface area contributed by atoms with Gasteiger partial charge in [-0.05, 0) is 40.3 Å². The van der Waals surface area contributed by atoms with Crippen molar-refractivity contribution in [3.05, 3.63) is 96.4 Å². The molecule has 0 saturated carbocycles. The van der Waals surface area contributed by atoms with Crippen molar-refractivity contribution in [2.24, 2.45) is 0 Å². The van der Waals surface area contributed by atoms with Crippen molar-refractivity contribution >= 4 is 23.4 Å². The van der Waals surface area contributed by atoms with E-state index in [1.807, 2.05) is 29.6 Å². The standard InChI is InChI=1S/C22H16OS2/c1-3-9-17(10-4-1)19-13-7-14-20(25-23-21-15-8-16-24-21)22(19)18-11-5-2-6-12-18/h1-16H. The molecule has 25 heavy (non-hydrogen) atoms. The van der Waals surface area contributed by atoms with E-state index in [-0.39, 0.29) is 0 Å². The second kappa shape index (κ2) is 7.60. The van der Waals surface area contributed by atoms with Crippen molar-refractivity contribution in [3.8, 4) is 27.3 Å². The predicted octanol–water partition coefficient (Wildman–Crippen LogP) is 7.17. The summed E-state index contributed by atoms with van der Waals surface area (Å²) in [6, 6.07) is 31.4. The Morgan fingerprint density at radius 2 is 1.36 bits per heavy atom. The van der Waals surface area contributed by atoms with Crippen LogP contribution < -0.4 is 4.18 Å². The Kier molecular flexibility index (Phi) is 4.86. The van der Waals surface area contributed by atoms with Crippen LogP contribution in [0.1, 0.15) is 0 Å². The van der Waals surface area contributed by atoms with Crippen LogP contribution in [0.5, 0.6) is 5.06 Å². The van der Waals surface area contributed by atoms with Gasteiger partial charge in [0, 0.05) is 5.56 Å². The van der Waals surface area contributed by atoms with Gasteiger partial charge < -0.3 is 4.18 Å². The first-order valence-electron chi connectivity index (χ1n) is 8.04. The maximum atomic E-state index is 5.92. The Morgan fingerprint density at radius 3 is 2.04 bits per heavy atom. The lowest BCUT2D eigenvalue weighted by Crippen LogP contribution is -1.90. The summed E-state index contributed by atoms with van der Waals surface area (Å²) in [5, 5.41) is 2.93. The molecule has 3 aromatic carbocycles. The molecule has 0 atom stereocenters. The van der Waals surface area contributed by atoms with Crippen molar-refractivity contribution in [3.63, 3.8) is 0 Å². The molecule has 0 saturated heterocycles. The lowest BCUT2D eigenvalue weighted by atomic mass is 9.94. The monoisotopic (exact) mass is 360 g/mol. The highest BCUT2D eigenvalue weighted by Crippen LogP contribution is 2.40. The van der Waals surface area contributed by atoms with E-state index in [9.17, 15) is 0 Å². The molecule has 0 aliphatic heterocycles. The van der Waals surface area contributed by atoms with Gasteiger partial charge in [0.25, 0.3) is 0 Å². The summed E-state index contributed by atoms with van der Waals surface area (Å²) in [7, 11) is 0. The molecule has 0 fully saturated rings. The highest BCUT2D eigenvalue weighted by molar-refractivity contribution is 7.95. The molecule has 0 unspecified atom stereocenters. The van der Waals surface area contributed by atoms with E-state index in [1.54, 1.807) is 11.3 Å². The Labute approximate surface area is 156 Å². The maximum absolute atomic E-state index is 5.92. The van der Waals surface area contributed by atoms with E-state index in [0.29, 0.717) is 0 Å². The third kappa shape index (κ3) is 3.63. The molecule has 0 amide bonds. The van der Waals surface area contributed by atoms with Crippen LogP contribution in [0.3, 0.4) is 0 Å². The number of rotatable bonds is 5. The van der Waals surface area contributed by atoms with Crippen LogP contribution in [0.15, 0.2) is 101 Å². The van der Waals surface area contributed by atoms with Gasteiger partial charge in [-0.3, -0.25) is 0 Å². The smallest absolute Gasteiger partial charge is 0.191 e. The largest absolute Gasteiger partial charge is 0.410 e. The Balaban J connectivity index is 1.80. The van der Waals surface area contributed by atoms with E-state index < -0.39 is 0 Å². The summed E-state index contributed by atoms with van der Waals surface area (Å²) in [5.74, 6) is 0. The van der Waals surface area contributed by atoms with Crippen LogP contribution >= 0.6 is 23.4 Å². The molecule has 4 aromatic rings. The molecular weight excluding hydrogens is 344 g/mol. The first kappa shape index (κ1) is 16.0. The molecule has 1 heterocycles. The minimum Gasteiger partial charge on any atom is -0.410 e. The normalized spacial score (nSPS) is 10.6. The van der Waals surface area contributed by atoms with Crippen molar-refractivity contribution in [1.29, 1.82) is 0 Å². The fraction of sp³-hybridized carbons (Fsp3) is 0. The zero-order valence-electron chi connectivity index (χ0n) is 13.5. The second-order valence-corrected chi connectivity index (χ2v) is 7.19. The van der Waals surface area contributed by atoms with Gasteiger partial charge in [-0.1, -0.05) is 72.8 Å². The SMILES string of the molecule is c1ccc(-c2cccc(SOc3cccs3)c2-c2ccccc2)cc1. The Bertz CT molecular complexity index is 932. The summed E-state index contributed by atoms with van der Waals surface area (Å²) in [4.78, 5) is 1.11. The van der Waals surface area contributed by atoms with Crippen molar-refractivity contribution < 1.29 is 4.18 Å². The molecule has 1 nitrogen and oxygen atoms in total. The summed E-state index contributed by atoms with van der Waals surface area (Å²) >= 11 is 3.02. The first-order valence-corrected chi connectivity index (χ1v) is 9.66. The van der Waals surface area contributed by atoms with Gasteiger partial charge in [0.05, 0.1) is 16.9 Å². The number of hydrogen-bond donors (Lipinski definition) is 0. The third-order valence-electron chi connectivity index (χ3n) is 3.88. The topological polar surface area (TPSA) is 9.23 Å². The highest BCUT2D eigenvalue weighted by Gasteiger charge is 2.14. The highest BCUT2D eigenvalue weighted by atomic mass is 32.2. The first-order chi connectivity index (χ1) is 12.4. The average Bonchev–Trinajstić information content (AvgIpc) is 3.21. The number of thiophene rings is 1. The quantitative estimate of drug-likeness (QED) is 0.349. The lowest BCUT2D eigenvalue weighted by molar-refractivity contribution is 0.666. The fourth-order valence-corrected chi connectivity index (χ4v) is 4.14. The van der Waals surface area contributed by atoms with Crippen molar-refractivity contribution in [2.75, 3.05) is 0 Å². The molecule has 1 aromatic heterocycles. The van der Waals surface area contributed by atoms with Gasteiger partial charge in [0.2, 0.25) is 0 Å². The van der Waals surface area contributed by atoms with E-state index in [2.05, 4.69) is 66.7 Å². The number of hydrogen-bond acceptors (Lipinski definition) is 3. The predicted molar refractivity (Wildman–Crippen MR) is 108 cm³/mol. The average molecular weight is 361 g/mol. The molecule has 0 radical (unpaired) electrons. The van der Waals surface area contributed by atoms with E-state index in [1.165, 1.54) is 34.3 Å². The van der Waals surface area contributed by atoms with Crippen LogP contribution in [0, 0.1) is 0 Å². The fourth-order valence-electron chi connectivity index (χ4n) is 2.76. The molecular formula is C22H16OS2. The van der Waals surface area contributed by atoms with Gasteiger partial charge in [0.15, 0.2) is 5.06 Å². The molecule has 3 heteroatoms. The summed E-state index contributed by atoms with van der Waals surface area (Å²) in [6.07, 6.45) is 0. The zero-order valence-corrected chi connectivity index (χ0v) is 15.1. The van der Waals surface area contributed by atoms with E-state index >= 15 is 0 Å². The van der Waals surface area contributed by atoms with Gasteiger partial charge in [0.1, 0.15) is 0 Å². The molecule has 122 valence electrons. The summed E-state index contributed by atoms with van der Waals surface area (Å²) < 4.78 is 5.92. The van der Waals surface area contributed by atoms with Gasteiger partial charge in [-0.2, -0.15) is 0 Å². The van der Waals surface area contributed by atoms with Gasteiger partial charge >= 0.3 is 0 Å². The van der Waals surface area contributed by atoms with Crippen LogP contribution in [-0.4, -0.2) is 0 Å². The van der Waals surface area contributed by atoms with Crippen LogP contribution in [-0.2, 0) is 0 Å². The number of benzene rings is 3. The van der Waals surface area contributed by atoms with E-state index in [4.69, 9.17) is 4.18 Å².